The van der Waals surface area contributed by atoms with Crippen molar-refractivity contribution in [1.29, 1.82) is 0 Å². The number of hydrogen-bond acceptors (Lipinski definition) is 3. The Kier molecular flexibility index (Phi) is 5.87. The fraction of sp³-hybridized carbons (Fsp3) is 0.387. The van der Waals surface area contributed by atoms with Gasteiger partial charge in [0.1, 0.15) is 5.56 Å². The first kappa shape index (κ1) is 23.0. The third-order valence-corrected chi connectivity index (χ3v) is 8.76. The average molecular weight is 480 g/mol. The molecule has 3 atom stereocenters. The largest absolute Gasteiger partial charge is 0.352 e. The van der Waals surface area contributed by atoms with Gasteiger partial charge in [0.25, 0.3) is 5.91 Å². The zero-order valence-electron chi connectivity index (χ0n) is 20.8. The molecule has 0 saturated heterocycles. The monoisotopic (exact) mass is 479 g/mol. The number of aromatic nitrogens is 2. The first-order valence-electron chi connectivity index (χ1n) is 13.2. The molecule has 0 aliphatic heterocycles. The fourth-order valence-corrected chi connectivity index (χ4v) is 6.78. The smallest absolute Gasteiger partial charge is 0.257 e. The van der Waals surface area contributed by atoms with Gasteiger partial charge in [-0.05, 0) is 79.9 Å². The van der Waals surface area contributed by atoms with Gasteiger partial charge in [0.15, 0.2) is 5.43 Å². The summed E-state index contributed by atoms with van der Waals surface area (Å²) in [5.41, 5.74) is 4.31. The molecule has 3 aliphatic rings. The summed E-state index contributed by atoms with van der Waals surface area (Å²) in [6.07, 6.45) is 11.7. The summed E-state index contributed by atoms with van der Waals surface area (Å²) in [6.45, 7) is 3.10. The summed E-state index contributed by atoms with van der Waals surface area (Å²) in [5, 5.41) is 3.18. The maximum Gasteiger partial charge on any atom is 0.257 e. The van der Waals surface area contributed by atoms with E-state index in [2.05, 4.69) is 39.2 Å². The third-order valence-electron chi connectivity index (χ3n) is 8.76. The normalized spacial score (nSPS) is 22.8. The van der Waals surface area contributed by atoms with Crippen LogP contribution in [-0.2, 0) is 19.4 Å². The summed E-state index contributed by atoms with van der Waals surface area (Å²) < 4.78 is 2.10. The topological polar surface area (TPSA) is 64.0 Å². The number of nitrogens with zero attached hydrogens (tertiary/aromatic N) is 2. The second-order valence-corrected chi connectivity index (χ2v) is 10.8. The maximum atomic E-state index is 13.6. The van der Waals surface area contributed by atoms with Gasteiger partial charge in [0.05, 0.1) is 12.2 Å². The quantitative estimate of drug-likeness (QED) is 0.476. The van der Waals surface area contributed by atoms with E-state index in [1.807, 2.05) is 43.3 Å². The van der Waals surface area contributed by atoms with Crippen molar-refractivity contribution in [3.63, 3.8) is 0 Å². The highest BCUT2D eigenvalue weighted by atomic mass is 16.2. The molecule has 36 heavy (non-hydrogen) atoms. The summed E-state index contributed by atoms with van der Waals surface area (Å²) in [6, 6.07) is 17.7. The number of hydrogen-bond donors (Lipinski definition) is 1. The van der Waals surface area contributed by atoms with Crippen LogP contribution in [0, 0.1) is 30.1 Å². The number of carbonyl (C=O) groups is 1. The molecule has 184 valence electrons. The van der Waals surface area contributed by atoms with Crippen molar-refractivity contribution >= 4 is 5.91 Å². The van der Waals surface area contributed by atoms with Crippen LogP contribution in [0.2, 0.25) is 0 Å². The summed E-state index contributed by atoms with van der Waals surface area (Å²) in [4.78, 5) is 31.3. The lowest BCUT2D eigenvalue weighted by atomic mass is 9.89. The molecule has 1 amide bonds. The molecule has 6 rings (SSSR count). The molecule has 1 spiro atoms. The predicted octanol–water partition coefficient (Wildman–Crippen LogP) is 4.72. The van der Waals surface area contributed by atoms with Crippen LogP contribution in [-0.4, -0.2) is 22.0 Å². The van der Waals surface area contributed by atoms with E-state index in [0.29, 0.717) is 42.7 Å². The Bertz CT molecular complexity index is 1360. The highest BCUT2D eigenvalue weighted by Crippen LogP contribution is 2.69. The highest BCUT2D eigenvalue weighted by Gasteiger charge is 2.62. The van der Waals surface area contributed by atoms with Gasteiger partial charge in [-0.2, -0.15) is 0 Å². The van der Waals surface area contributed by atoms with Crippen LogP contribution in [0.3, 0.4) is 0 Å². The number of benzene rings is 1. The highest BCUT2D eigenvalue weighted by molar-refractivity contribution is 5.95. The van der Waals surface area contributed by atoms with E-state index >= 15 is 0 Å². The molecule has 5 heteroatoms. The van der Waals surface area contributed by atoms with Crippen LogP contribution >= 0.6 is 0 Å². The Morgan fingerprint density at radius 2 is 1.89 bits per heavy atom. The van der Waals surface area contributed by atoms with Crippen LogP contribution < -0.4 is 10.7 Å². The van der Waals surface area contributed by atoms with E-state index in [1.165, 1.54) is 18.4 Å². The molecule has 3 aliphatic carbocycles. The second-order valence-electron chi connectivity index (χ2n) is 10.8. The number of carbonyl (C=O) groups excluding carboxylic acids is 1. The zero-order valence-corrected chi connectivity index (χ0v) is 20.8. The average Bonchev–Trinajstić information content (AvgIpc) is 3.56. The Morgan fingerprint density at radius 3 is 2.61 bits per heavy atom. The van der Waals surface area contributed by atoms with Gasteiger partial charge in [-0.3, -0.25) is 14.6 Å². The van der Waals surface area contributed by atoms with Crippen LogP contribution in [0.4, 0.5) is 0 Å². The Balaban J connectivity index is 1.29. The number of allylic oxidation sites excluding steroid dienone is 2. The number of aryl methyl sites for hydroxylation is 2. The van der Waals surface area contributed by atoms with Gasteiger partial charge in [-0.1, -0.05) is 48.6 Å². The molecule has 1 aromatic carbocycles. The van der Waals surface area contributed by atoms with Gasteiger partial charge in [-0.25, -0.2) is 0 Å². The molecule has 5 nitrogen and oxygen atoms in total. The Hall–Kier alpha value is -3.47. The van der Waals surface area contributed by atoms with E-state index < -0.39 is 0 Å². The molecule has 2 heterocycles. The molecule has 2 saturated carbocycles. The summed E-state index contributed by atoms with van der Waals surface area (Å²) in [5.74, 6) is 1.50. The lowest BCUT2D eigenvalue weighted by Crippen LogP contribution is -2.36. The van der Waals surface area contributed by atoms with Crippen LogP contribution in [0.25, 0.3) is 0 Å². The van der Waals surface area contributed by atoms with Gasteiger partial charge in [0, 0.05) is 30.2 Å². The Labute approximate surface area is 212 Å². The van der Waals surface area contributed by atoms with Crippen LogP contribution in [0.15, 0.2) is 77.7 Å². The predicted molar refractivity (Wildman–Crippen MR) is 141 cm³/mol. The van der Waals surface area contributed by atoms with Crippen molar-refractivity contribution in [2.75, 3.05) is 6.54 Å². The minimum absolute atomic E-state index is 0.197. The molecular weight excluding hydrogens is 446 g/mol. The standard InChI is InChI=1S/C31H33N3O2/c1-21-17-28(35)29(30(36)33-19-23-18-24-11-12-26(23)31(24)14-15-31)27(13-10-22-7-3-2-4-8-22)34(21)20-25-9-5-6-16-32-25/h2-9,11-12,16-17,23-24,26H,10,13-15,18-20H2,1H3,(H,33,36). The summed E-state index contributed by atoms with van der Waals surface area (Å²) >= 11 is 0. The molecule has 2 bridgehead atoms. The van der Waals surface area contributed by atoms with Gasteiger partial charge in [-0.15, -0.1) is 0 Å². The Morgan fingerprint density at radius 1 is 1.08 bits per heavy atom. The molecule has 3 aromatic rings. The molecule has 2 aromatic heterocycles. The van der Waals surface area contributed by atoms with Gasteiger partial charge in [0.2, 0.25) is 0 Å². The SMILES string of the molecule is Cc1cc(=O)c(C(=O)NCC2CC3C=CC2C32CC2)c(CCc2ccccc2)n1Cc1ccccn1. The minimum Gasteiger partial charge on any atom is -0.352 e. The van der Waals surface area contributed by atoms with Crippen molar-refractivity contribution in [3.8, 4) is 0 Å². The number of rotatable bonds is 8. The first-order valence-corrected chi connectivity index (χ1v) is 13.2. The number of pyridine rings is 2. The zero-order chi connectivity index (χ0) is 24.7. The fourth-order valence-electron chi connectivity index (χ4n) is 6.78. The van der Waals surface area contributed by atoms with E-state index in [-0.39, 0.29) is 16.9 Å². The molecule has 1 N–H and O–H groups in total. The minimum atomic E-state index is -0.241. The van der Waals surface area contributed by atoms with Crippen molar-refractivity contribution in [3.05, 3.63) is 111 Å². The second kappa shape index (κ2) is 9.20. The van der Waals surface area contributed by atoms with Crippen LogP contribution in [0.1, 0.15) is 52.3 Å². The lowest BCUT2D eigenvalue weighted by Gasteiger charge is -2.22. The first-order chi connectivity index (χ1) is 17.5. The van der Waals surface area contributed by atoms with E-state index in [4.69, 9.17) is 0 Å². The molecule has 0 radical (unpaired) electrons. The van der Waals surface area contributed by atoms with Crippen molar-refractivity contribution in [2.45, 2.75) is 45.6 Å². The van der Waals surface area contributed by atoms with Gasteiger partial charge < -0.3 is 9.88 Å². The van der Waals surface area contributed by atoms with Crippen LogP contribution in [0.5, 0.6) is 0 Å². The molecular formula is C31H33N3O2. The maximum absolute atomic E-state index is 13.6. The summed E-state index contributed by atoms with van der Waals surface area (Å²) in [7, 11) is 0. The lowest BCUT2D eigenvalue weighted by molar-refractivity contribution is 0.0941. The molecule has 2 fully saturated rings. The van der Waals surface area contributed by atoms with E-state index in [0.717, 1.165) is 29.9 Å². The van der Waals surface area contributed by atoms with Crippen molar-refractivity contribution in [2.24, 2.45) is 23.2 Å². The number of amides is 1. The van der Waals surface area contributed by atoms with Crippen molar-refractivity contribution in [1.82, 2.24) is 14.9 Å². The van der Waals surface area contributed by atoms with E-state index in [1.54, 1.807) is 12.3 Å². The number of nitrogens with one attached hydrogen (secondary N) is 1. The van der Waals surface area contributed by atoms with Gasteiger partial charge >= 0.3 is 0 Å². The molecule has 3 unspecified atom stereocenters. The van der Waals surface area contributed by atoms with E-state index in [9.17, 15) is 9.59 Å². The third kappa shape index (κ3) is 4.11. The van der Waals surface area contributed by atoms with Crippen molar-refractivity contribution < 1.29 is 4.79 Å².